The molecule has 0 bridgehead atoms. The number of hydrogen-bond donors (Lipinski definition) is 2. The number of guanidine groups is 1. The third-order valence-corrected chi connectivity index (χ3v) is 2.40. The molecule has 0 fully saturated rings. The second-order valence-electron chi connectivity index (χ2n) is 4.11. The number of nitrogens with zero attached hydrogens (tertiary/aromatic N) is 2. The third-order valence-electron chi connectivity index (χ3n) is 2.40. The first-order chi connectivity index (χ1) is 9.67. The van der Waals surface area contributed by atoms with Crippen LogP contribution in [0.2, 0.25) is 0 Å². The van der Waals surface area contributed by atoms with E-state index in [2.05, 4.69) is 17.1 Å². The van der Waals surface area contributed by atoms with Gasteiger partial charge in [0, 0.05) is 0 Å². The maximum Gasteiger partial charge on any atom is 0.211 e. The summed E-state index contributed by atoms with van der Waals surface area (Å²) in [5, 5.41) is 7.31. The van der Waals surface area contributed by atoms with Gasteiger partial charge in [-0.2, -0.15) is 5.10 Å². The van der Waals surface area contributed by atoms with Crippen LogP contribution in [0.15, 0.2) is 28.4 Å². The van der Waals surface area contributed by atoms with Gasteiger partial charge in [-0.15, -0.1) is 5.10 Å². The standard InChI is InChI=1S/C14H22N4O2/c1-3-5-8-20-12-7-6-11(9-13(12)19-4-2)10-17-18-14(15)16/h6-7,9-10H,3-5,8H2,1-2H3,(H4,15,16,18). The SMILES string of the molecule is CCCCOc1ccc(C=NN=C(N)N)cc1OCC. The van der Waals surface area contributed by atoms with E-state index in [9.17, 15) is 0 Å². The number of ether oxygens (including phenoxy) is 2. The van der Waals surface area contributed by atoms with E-state index in [0.29, 0.717) is 19.0 Å². The molecule has 20 heavy (non-hydrogen) atoms. The minimum absolute atomic E-state index is 0.0780. The first-order valence-corrected chi connectivity index (χ1v) is 6.69. The van der Waals surface area contributed by atoms with Crippen LogP contribution in [-0.4, -0.2) is 25.4 Å². The summed E-state index contributed by atoms with van der Waals surface area (Å²) in [7, 11) is 0. The minimum atomic E-state index is -0.0780. The van der Waals surface area contributed by atoms with Crippen molar-refractivity contribution in [2.45, 2.75) is 26.7 Å². The number of benzene rings is 1. The molecule has 0 atom stereocenters. The molecule has 0 radical (unpaired) electrons. The number of unbranched alkanes of at least 4 members (excludes halogenated alkanes) is 1. The van der Waals surface area contributed by atoms with Crippen LogP contribution < -0.4 is 20.9 Å². The molecule has 1 aromatic carbocycles. The minimum Gasteiger partial charge on any atom is -0.490 e. The van der Waals surface area contributed by atoms with E-state index in [4.69, 9.17) is 20.9 Å². The van der Waals surface area contributed by atoms with Gasteiger partial charge < -0.3 is 20.9 Å². The lowest BCUT2D eigenvalue weighted by molar-refractivity contribution is 0.272. The molecule has 0 aromatic heterocycles. The molecule has 0 aliphatic rings. The Morgan fingerprint density at radius 3 is 2.65 bits per heavy atom. The maximum atomic E-state index is 5.69. The largest absolute Gasteiger partial charge is 0.490 e. The van der Waals surface area contributed by atoms with Crippen LogP contribution in [0.1, 0.15) is 32.3 Å². The summed E-state index contributed by atoms with van der Waals surface area (Å²) in [4.78, 5) is 0. The Morgan fingerprint density at radius 2 is 2.00 bits per heavy atom. The molecule has 0 aliphatic heterocycles. The van der Waals surface area contributed by atoms with E-state index in [-0.39, 0.29) is 5.96 Å². The van der Waals surface area contributed by atoms with Crippen molar-refractivity contribution in [2.24, 2.45) is 21.7 Å². The van der Waals surface area contributed by atoms with Crippen LogP contribution in [0.3, 0.4) is 0 Å². The van der Waals surface area contributed by atoms with Gasteiger partial charge in [-0.25, -0.2) is 0 Å². The average Bonchev–Trinajstić information content (AvgIpc) is 2.41. The zero-order chi connectivity index (χ0) is 14.8. The van der Waals surface area contributed by atoms with Gasteiger partial charge in [0.2, 0.25) is 5.96 Å². The highest BCUT2D eigenvalue weighted by atomic mass is 16.5. The van der Waals surface area contributed by atoms with Gasteiger partial charge in [0.25, 0.3) is 0 Å². The fourth-order valence-electron chi connectivity index (χ4n) is 1.48. The molecular formula is C14H22N4O2. The Balaban J connectivity index is 2.82. The average molecular weight is 278 g/mol. The van der Waals surface area contributed by atoms with Crippen molar-refractivity contribution in [3.05, 3.63) is 23.8 Å². The van der Waals surface area contributed by atoms with E-state index >= 15 is 0 Å². The molecule has 1 aromatic rings. The van der Waals surface area contributed by atoms with Crippen LogP contribution in [0, 0.1) is 0 Å². The molecular weight excluding hydrogens is 256 g/mol. The van der Waals surface area contributed by atoms with Gasteiger partial charge in [0.1, 0.15) is 0 Å². The highest BCUT2D eigenvalue weighted by molar-refractivity contribution is 5.82. The summed E-state index contributed by atoms with van der Waals surface area (Å²) >= 11 is 0. The van der Waals surface area contributed by atoms with Crippen LogP contribution in [0.4, 0.5) is 0 Å². The topological polar surface area (TPSA) is 95.2 Å². The number of rotatable bonds is 8. The molecule has 0 saturated heterocycles. The molecule has 110 valence electrons. The summed E-state index contributed by atoms with van der Waals surface area (Å²) in [6.07, 6.45) is 3.66. The number of hydrogen-bond acceptors (Lipinski definition) is 4. The van der Waals surface area contributed by atoms with Crippen molar-refractivity contribution in [1.29, 1.82) is 0 Å². The summed E-state index contributed by atoms with van der Waals surface area (Å²) in [5.74, 6) is 1.35. The Hall–Kier alpha value is -2.24. The first-order valence-electron chi connectivity index (χ1n) is 6.69. The van der Waals surface area contributed by atoms with Gasteiger partial charge in [0.15, 0.2) is 11.5 Å². The molecule has 0 aliphatic carbocycles. The normalized spacial score (nSPS) is 10.5. The lowest BCUT2D eigenvalue weighted by atomic mass is 10.2. The third kappa shape index (κ3) is 5.60. The molecule has 1 rings (SSSR count). The van der Waals surface area contributed by atoms with Crippen molar-refractivity contribution >= 4 is 12.2 Å². The van der Waals surface area contributed by atoms with Crippen molar-refractivity contribution in [3.8, 4) is 11.5 Å². The monoisotopic (exact) mass is 278 g/mol. The summed E-state index contributed by atoms with van der Waals surface area (Å²) in [6.45, 7) is 5.29. The molecule has 0 heterocycles. The van der Waals surface area contributed by atoms with Gasteiger partial charge in [0.05, 0.1) is 19.4 Å². The summed E-state index contributed by atoms with van der Waals surface area (Å²) in [6, 6.07) is 5.57. The van der Waals surface area contributed by atoms with Gasteiger partial charge in [-0.1, -0.05) is 13.3 Å². The lowest BCUT2D eigenvalue weighted by Crippen LogP contribution is -2.21. The van der Waals surface area contributed by atoms with E-state index in [0.717, 1.165) is 24.2 Å². The smallest absolute Gasteiger partial charge is 0.211 e. The Kier molecular flexibility index (Phi) is 6.95. The predicted octanol–water partition coefficient (Wildman–Crippen LogP) is 1.87. The van der Waals surface area contributed by atoms with Crippen molar-refractivity contribution < 1.29 is 9.47 Å². The molecule has 0 spiro atoms. The van der Waals surface area contributed by atoms with Crippen LogP contribution in [0.5, 0.6) is 11.5 Å². The van der Waals surface area contributed by atoms with Crippen LogP contribution >= 0.6 is 0 Å². The molecule has 0 saturated carbocycles. The second kappa shape index (κ2) is 8.79. The van der Waals surface area contributed by atoms with Crippen LogP contribution in [0.25, 0.3) is 0 Å². The summed E-state index contributed by atoms with van der Waals surface area (Å²) < 4.78 is 11.3. The molecule has 0 unspecified atom stereocenters. The second-order valence-corrected chi connectivity index (χ2v) is 4.11. The Morgan fingerprint density at radius 1 is 1.20 bits per heavy atom. The zero-order valence-corrected chi connectivity index (χ0v) is 12.0. The summed E-state index contributed by atoms with van der Waals surface area (Å²) in [5.41, 5.74) is 11.2. The predicted molar refractivity (Wildman–Crippen MR) is 81.4 cm³/mol. The number of nitrogens with two attached hydrogens (primary N) is 2. The van der Waals surface area contributed by atoms with Gasteiger partial charge in [-0.05, 0) is 37.1 Å². The van der Waals surface area contributed by atoms with Crippen molar-refractivity contribution in [3.63, 3.8) is 0 Å². The Labute approximate surface area is 119 Å². The first kappa shape index (κ1) is 15.8. The van der Waals surface area contributed by atoms with Gasteiger partial charge >= 0.3 is 0 Å². The highest BCUT2D eigenvalue weighted by Crippen LogP contribution is 2.28. The Bertz CT molecular complexity index is 468. The molecule has 0 amide bonds. The molecule has 6 heteroatoms. The van der Waals surface area contributed by atoms with E-state index in [1.807, 2.05) is 25.1 Å². The van der Waals surface area contributed by atoms with E-state index < -0.39 is 0 Å². The lowest BCUT2D eigenvalue weighted by Gasteiger charge is -2.12. The van der Waals surface area contributed by atoms with Crippen molar-refractivity contribution in [1.82, 2.24) is 0 Å². The quantitative estimate of drug-likeness (QED) is 0.328. The molecule has 6 nitrogen and oxygen atoms in total. The van der Waals surface area contributed by atoms with Crippen molar-refractivity contribution in [2.75, 3.05) is 13.2 Å². The van der Waals surface area contributed by atoms with Crippen LogP contribution in [-0.2, 0) is 0 Å². The fraction of sp³-hybridized carbons (Fsp3) is 0.429. The maximum absolute atomic E-state index is 5.69. The van der Waals surface area contributed by atoms with Gasteiger partial charge in [-0.3, -0.25) is 0 Å². The fourth-order valence-corrected chi connectivity index (χ4v) is 1.48. The van der Waals surface area contributed by atoms with E-state index in [1.165, 1.54) is 0 Å². The molecule has 4 N–H and O–H groups in total. The highest BCUT2D eigenvalue weighted by Gasteiger charge is 2.05. The van der Waals surface area contributed by atoms with E-state index in [1.54, 1.807) is 6.21 Å². The zero-order valence-electron chi connectivity index (χ0n) is 12.0.